The molecule has 0 aliphatic carbocycles. The van der Waals surface area contributed by atoms with Crippen molar-refractivity contribution in [2.75, 3.05) is 13.2 Å². The summed E-state index contributed by atoms with van der Waals surface area (Å²) < 4.78 is 0. The molecule has 0 aromatic rings. The van der Waals surface area contributed by atoms with Crippen molar-refractivity contribution in [2.24, 2.45) is 17.4 Å². The van der Waals surface area contributed by atoms with Crippen LogP contribution in [0.2, 0.25) is 0 Å². The van der Waals surface area contributed by atoms with Crippen LogP contribution in [0.5, 0.6) is 0 Å². The van der Waals surface area contributed by atoms with Crippen molar-refractivity contribution < 1.29 is 39.3 Å². The van der Waals surface area contributed by atoms with Crippen LogP contribution in [0.25, 0.3) is 0 Å². The Morgan fingerprint density at radius 3 is 1.90 bits per heavy atom. The van der Waals surface area contributed by atoms with Crippen molar-refractivity contribution >= 4 is 29.7 Å². The molecule has 0 aliphatic rings. The van der Waals surface area contributed by atoms with Crippen molar-refractivity contribution in [1.82, 2.24) is 16.0 Å². The number of aliphatic hydroxyl groups is 1. The van der Waals surface area contributed by atoms with E-state index < -0.39 is 72.8 Å². The molecule has 0 aromatic carbocycles. The average Bonchev–Trinajstić information content (AvgIpc) is 2.68. The first-order valence-corrected chi connectivity index (χ1v) is 9.86. The SMILES string of the molecule is CC(C)C(NC(=O)C(CC(=O)O)NC(=O)C(N)CO)C(=O)NC(CCCCN)C(=O)O. The van der Waals surface area contributed by atoms with Gasteiger partial charge in [-0.2, -0.15) is 0 Å². The van der Waals surface area contributed by atoms with Gasteiger partial charge in [0, 0.05) is 0 Å². The van der Waals surface area contributed by atoms with Gasteiger partial charge in [0.25, 0.3) is 0 Å². The number of carboxylic acids is 2. The van der Waals surface area contributed by atoms with Gasteiger partial charge in [-0.1, -0.05) is 13.8 Å². The monoisotopic (exact) mass is 447 g/mol. The lowest BCUT2D eigenvalue weighted by Gasteiger charge is -2.26. The van der Waals surface area contributed by atoms with E-state index in [9.17, 15) is 29.1 Å². The molecule has 31 heavy (non-hydrogen) atoms. The first-order valence-electron chi connectivity index (χ1n) is 9.86. The molecule has 0 fully saturated rings. The first kappa shape index (κ1) is 28.2. The highest BCUT2D eigenvalue weighted by molar-refractivity contribution is 5.95. The van der Waals surface area contributed by atoms with Gasteiger partial charge in [0.2, 0.25) is 17.7 Å². The smallest absolute Gasteiger partial charge is 0.326 e. The van der Waals surface area contributed by atoms with Crippen molar-refractivity contribution in [3.8, 4) is 0 Å². The van der Waals surface area contributed by atoms with E-state index in [2.05, 4.69) is 16.0 Å². The standard InChI is InChI=1S/C18H33N5O8/c1-9(2)14(17(29)21-11(18(30)31)5-3-4-6-19)23-16(28)12(7-13(25)26)22-15(27)10(20)8-24/h9-12,14,24H,3-8,19-20H2,1-2H3,(H,21,29)(H,22,27)(H,23,28)(H,25,26)(H,30,31). The van der Waals surface area contributed by atoms with Gasteiger partial charge >= 0.3 is 11.9 Å². The fourth-order valence-electron chi connectivity index (χ4n) is 2.55. The minimum atomic E-state index is -1.56. The Bertz CT molecular complexity index is 642. The van der Waals surface area contributed by atoms with Crippen LogP contribution in [-0.4, -0.2) is 82.3 Å². The van der Waals surface area contributed by atoms with E-state index in [4.69, 9.17) is 21.7 Å². The van der Waals surface area contributed by atoms with Crippen molar-refractivity contribution in [3.05, 3.63) is 0 Å². The van der Waals surface area contributed by atoms with Gasteiger partial charge in [0.15, 0.2) is 0 Å². The molecule has 0 rings (SSSR count). The second kappa shape index (κ2) is 14.3. The summed E-state index contributed by atoms with van der Waals surface area (Å²) in [5, 5.41) is 34.1. The fraction of sp³-hybridized carbons (Fsp3) is 0.722. The molecule has 10 N–H and O–H groups in total. The normalized spacial score (nSPS) is 14.8. The van der Waals surface area contributed by atoms with Gasteiger partial charge in [0.05, 0.1) is 13.0 Å². The number of aliphatic carboxylic acids is 2. The molecular formula is C18H33N5O8. The van der Waals surface area contributed by atoms with E-state index in [-0.39, 0.29) is 6.42 Å². The van der Waals surface area contributed by atoms with E-state index in [1.54, 1.807) is 13.8 Å². The van der Waals surface area contributed by atoms with Crippen molar-refractivity contribution in [2.45, 2.75) is 63.7 Å². The second-order valence-electron chi connectivity index (χ2n) is 7.36. The van der Waals surface area contributed by atoms with Crippen LogP contribution in [-0.2, 0) is 24.0 Å². The highest BCUT2D eigenvalue weighted by Gasteiger charge is 2.32. The van der Waals surface area contributed by atoms with Gasteiger partial charge in [0.1, 0.15) is 24.2 Å². The number of hydrogen-bond acceptors (Lipinski definition) is 8. The quantitative estimate of drug-likeness (QED) is 0.119. The Morgan fingerprint density at radius 1 is 0.871 bits per heavy atom. The van der Waals surface area contributed by atoms with Gasteiger partial charge in [-0.25, -0.2) is 4.79 Å². The second-order valence-corrected chi connectivity index (χ2v) is 7.36. The predicted molar refractivity (Wildman–Crippen MR) is 108 cm³/mol. The lowest BCUT2D eigenvalue weighted by atomic mass is 10.0. The summed E-state index contributed by atoms with van der Waals surface area (Å²) >= 11 is 0. The van der Waals surface area contributed by atoms with Crippen molar-refractivity contribution in [1.29, 1.82) is 0 Å². The van der Waals surface area contributed by atoms with Crippen LogP contribution in [0.4, 0.5) is 0 Å². The number of carbonyl (C=O) groups excluding carboxylic acids is 3. The Hall–Kier alpha value is -2.77. The maximum Gasteiger partial charge on any atom is 0.326 e. The maximum atomic E-state index is 12.6. The van der Waals surface area contributed by atoms with E-state index >= 15 is 0 Å². The molecule has 178 valence electrons. The molecule has 0 saturated heterocycles. The molecule has 0 heterocycles. The molecule has 0 aliphatic heterocycles. The minimum Gasteiger partial charge on any atom is -0.481 e. The Kier molecular flexibility index (Phi) is 13.0. The topological polar surface area (TPSA) is 234 Å². The number of carboxylic acid groups (broad SMARTS) is 2. The minimum absolute atomic E-state index is 0.147. The number of carbonyl (C=O) groups is 5. The van der Waals surface area contributed by atoms with Crippen LogP contribution >= 0.6 is 0 Å². The van der Waals surface area contributed by atoms with Crippen molar-refractivity contribution in [3.63, 3.8) is 0 Å². The summed E-state index contributed by atoms with van der Waals surface area (Å²) in [6.45, 7) is 2.86. The van der Waals surface area contributed by atoms with Crippen LogP contribution in [0, 0.1) is 5.92 Å². The lowest BCUT2D eigenvalue weighted by Crippen LogP contribution is -2.59. The first-order chi connectivity index (χ1) is 14.4. The lowest BCUT2D eigenvalue weighted by molar-refractivity contribution is -0.143. The van der Waals surface area contributed by atoms with Crippen LogP contribution in [0.3, 0.4) is 0 Å². The third kappa shape index (κ3) is 10.7. The third-order valence-corrected chi connectivity index (χ3v) is 4.35. The number of rotatable bonds is 15. The highest BCUT2D eigenvalue weighted by atomic mass is 16.4. The van der Waals surface area contributed by atoms with Crippen LogP contribution in [0.1, 0.15) is 39.5 Å². The van der Waals surface area contributed by atoms with E-state index in [0.717, 1.165) is 0 Å². The molecule has 13 nitrogen and oxygen atoms in total. The van der Waals surface area contributed by atoms with Crippen LogP contribution < -0.4 is 27.4 Å². The number of aliphatic hydroxyl groups excluding tert-OH is 1. The predicted octanol–water partition coefficient (Wildman–Crippen LogP) is -2.90. The number of unbranched alkanes of at least 4 members (excludes halogenated alkanes) is 1. The third-order valence-electron chi connectivity index (χ3n) is 4.35. The summed E-state index contributed by atoms with van der Waals surface area (Å²) in [6.07, 6.45) is 0.410. The molecule has 4 atom stereocenters. The van der Waals surface area contributed by atoms with E-state index in [1.807, 2.05) is 0 Å². The average molecular weight is 447 g/mol. The maximum absolute atomic E-state index is 12.6. The molecule has 13 heteroatoms. The number of nitrogens with two attached hydrogens (primary N) is 2. The highest BCUT2D eigenvalue weighted by Crippen LogP contribution is 2.07. The zero-order valence-electron chi connectivity index (χ0n) is 17.7. The molecule has 3 amide bonds. The number of amides is 3. The van der Waals surface area contributed by atoms with Gasteiger partial charge in [-0.3, -0.25) is 19.2 Å². The summed E-state index contributed by atoms with van der Waals surface area (Å²) in [4.78, 5) is 59.5. The van der Waals surface area contributed by atoms with Crippen LogP contribution in [0.15, 0.2) is 0 Å². The molecule has 0 bridgehead atoms. The van der Waals surface area contributed by atoms with Gasteiger partial charge in [-0.15, -0.1) is 0 Å². The largest absolute Gasteiger partial charge is 0.481 e. The molecular weight excluding hydrogens is 414 g/mol. The number of hydrogen-bond donors (Lipinski definition) is 8. The summed E-state index contributed by atoms with van der Waals surface area (Å²) in [6, 6.07) is -5.30. The Labute approximate surface area is 179 Å². The zero-order valence-corrected chi connectivity index (χ0v) is 17.7. The molecule has 0 radical (unpaired) electrons. The summed E-state index contributed by atoms with van der Waals surface area (Å²) in [5.74, 6) is -5.80. The zero-order chi connectivity index (χ0) is 24.1. The van der Waals surface area contributed by atoms with Gasteiger partial charge < -0.3 is 42.7 Å². The fourth-order valence-corrected chi connectivity index (χ4v) is 2.55. The van der Waals surface area contributed by atoms with E-state index in [1.165, 1.54) is 0 Å². The molecule has 4 unspecified atom stereocenters. The molecule has 0 spiro atoms. The van der Waals surface area contributed by atoms with E-state index in [0.29, 0.717) is 19.4 Å². The Morgan fingerprint density at radius 2 is 1.45 bits per heavy atom. The van der Waals surface area contributed by atoms with Gasteiger partial charge in [-0.05, 0) is 31.7 Å². The Balaban J connectivity index is 5.33. The summed E-state index contributed by atoms with van der Waals surface area (Å²) in [5.41, 5.74) is 10.7. The number of nitrogens with one attached hydrogen (secondary N) is 3. The molecule has 0 aromatic heterocycles. The summed E-state index contributed by atoms with van der Waals surface area (Å²) in [7, 11) is 0. The molecule has 0 saturated carbocycles.